The number of piperidine rings is 1. The van der Waals surface area contributed by atoms with Gasteiger partial charge in [0.2, 0.25) is 5.91 Å². The Bertz CT molecular complexity index is 710. The number of hydrogen-bond acceptors (Lipinski definition) is 3. The summed E-state index contributed by atoms with van der Waals surface area (Å²) in [5.41, 5.74) is 1.30. The Kier molecular flexibility index (Phi) is 8.51. The van der Waals surface area contributed by atoms with E-state index in [1.165, 1.54) is 0 Å². The smallest absolute Gasteiger partial charge is 0.321 e. The number of hydrogen-bond donors (Lipinski definition) is 4. The van der Waals surface area contributed by atoms with Crippen LogP contribution in [-0.2, 0) is 4.79 Å². The van der Waals surface area contributed by atoms with Crippen molar-refractivity contribution in [1.29, 1.82) is 0 Å². The van der Waals surface area contributed by atoms with Crippen LogP contribution in [-0.4, -0.2) is 49.0 Å². The molecule has 0 bridgehead atoms. The van der Waals surface area contributed by atoms with Gasteiger partial charge in [0, 0.05) is 43.5 Å². The molecule has 1 aliphatic rings. The Morgan fingerprint density at radius 2 is 1.66 bits per heavy atom. The van der Waals surface area contributed by atoms with Gasteiger partial charge < -0.3 is 26.2 Å². The molecular weight excluding hydrogens is 370 g/mol. The van der Waals surface area contributed by atoms with Gasteiger partial charge in [0.25, 0.3) is 0 Å². The van der Waals surface area contributed by atoms with Crippen molar-refractivity contribution < 1.29 is 14.4 Å². The molecule has 1 fully saturated rings. The minimum atomic E-state index is -0.254. The van der Waals surface area contributed by atoms with Gasteiger partial charge in [0.05, 0.1) is 0 Å². The third-order valence-electron chi connectivity index (χ3n) is 4.64. The van der Waals surface area contributed by atoms with Gasteiger partial charge in [-0.3, -0.25) is 4.79 Å². The lowest BCUT2D eigenvalue weighted by atomic mass is 9.96. The van der Waals surface area contributed by atoms with E-state index in [2.05, 4.69) is 27.8 Å². The second-order valence-corrected chi connectivity index (χ2v) is 7.53. The van der Waals surface area contributed by atoms with Crippen molar-refractivity contribution in [1.82, 2.24) is 15.5 Å². The Morgan fingerprint density at radius 3 is 2.21 bits per heavy atom. The van der Waals surface area contributed by atoms with Crippen LogP contribution in [0.1, 0.15) is 26.7 Å². The van der Waals surface area contributed by atoms with Crippen LogP contribution in [0, 0.1) is 11.8 Å². The molecule has 29 heavy (non-hydrogen) atoms. The molecule has 4 N–H and O–H groups in total. The van der Waals surface area contributed by atoms with E-state index in [0.717, 1.165) is 0 Å². The molecule has 1 aromatic rings. The molecule has 1 aromatic carbocycles. The van der Waals surface area contributed by atoms with Crippen molar-refractivity contribution in [2.75, 3.05) is 36.8 Å². The fourth-order valence-electron chi connectivity index (χ4n) is 2.97. The number of nitrogens with one attached hydrogen (secondary N) is 4. The summed E-state index contributed by atoms with van der Waals surface area (Å²) in [6, 6.07) is 6.51. The third-order valence-corrected chi connectivity index (χ3v) is 4.64. The van der Waals surface area contributed by atoms with Gasteiger partial charge in [-0.15, -0.1) is 6.58 Å². The van der Waals surface area contributed by atoms with Crippen LogP contribution in [0.25, 0.3) is 0 Å². The first-order valence-electron chi connectivity index (χ1n) is 9.98. The molecule has 0 spiro atoms. The number of carbonyl (C=O) groups is 3. The normalized spacial score (nSPS) is 14.2. The molecule has 0 radical (unpaired) electrons. The van der Waals surface area contributed by atoms with Gasteiger partial charge in [-0.1, -0.05) is 19.9 Å². The Morgan fingerprint density at radius 1 is 1.07 bits per heavy atom. The van der Waals surface area contributed by atoms with E-state index < -0.39 is 0 Å². The molecule has 2 rings (SSSR count). The second kappa shape index (κ2) is 11.1. The van der Waals surface area contributed by atoms with Crippen molar-refractivity contribution >= 4 is 29.3 Å². The number of rotatable bonds is 7. The van der Waals surface area contributed by atoms with Gasteiger partial charge in [-0.05, 0) is 43.0 Å². The van der Waals surface area contributed by atoms with Crippen molar-refractivity contribution in [2.24, 2.45) is 11.8 Å². The summed E-state index contributed by atoms with van der Waals surface area (Å²) in [5, 5.41) is 11.2. The summed E-state index contributed by atoms with van der Waals surface area (Å²) >= 11 is 0. The quantitative estimate of drug-likeness (QED) is 0.528. The number of anilines is 2. The fraction of sp³-hybridized carbons (Fsp3) is 0.476. The highest BCUT2D eigenvalue weighted by Crippen LogP contribution is 2.19. The van der Waals surface area contributed by atoms with Crippen LogP contribution in [0.4, 0.5) is 21.0 Å². The molecule has 0 atom stereocenters. The maximum atomic E-state index is 12.4. The van der Waals surface area contributed by atoms with Gasteiger partial charge in [0.15, 0.2) is 0 Å². The highest BCUT2D eigenvalue weighted by Gasteiger charge is 2.27. The van der Waals surface area contributed by atoms with E-state index in [1.54, 1.807) is 35.2 Å². The van der Waals surface area contributed by atoms with Gasteiger partial charge >= 0.3 is 12.1 Å². The lowest BCUT2D eigenvalue weighted by molar-refractivity contribution is -0.126. The van der Waals surface area contributed by atoms with Gasteiger partial charge in [-0.2, -0.15) is 0 Å². The van der Waals surface area contributed by atoms with Gasteiger partial charge in [0.1, 0.15) is 0 Å². The van der Waals surface area contributed by atoms with Crippen LogP contribution in [0.15, 0.2) is 36.9 Å². The van der Waals surface area contributed by atoms with Gasteiger partial charge in [-0.25, -0.2) is 9.59 Å². The lowest BCUT2D eigenvalue weighted by Crippen LogP contribution is -2.44. The second-order valence-electron chi connectivity index (χ2n) is 7.53. The zero-order valence-corrected chi connectivity index (χ0v) is 17.2. The number of benzene rings is 1. The summed E-state index contributed by atoms with van der Waals surface area (Å²) in [4.78, 5) is 37.9. The number of amides is 5. The molecule has 0 unspecified atom stereocenters. The first-order chi connectivity index (χ1) is 13.9. The first kappa shape index (κ1) is 22.3. The molecular formula is C21H31N5O3. The Hall–Kier alpha value is -3.03. The predicted octanol–water partition coefficient (Wildman–Crippen LogP) is 3.01. The Labute approximate surface area is 172 Å². The maximum absolute atomic E-state index is 12.4. The van der Waals surface area contributed by atoms with Crippen LogP contribution in [0.3, 0.4) is 0 Å². The van der Waals surface area contributed by atoms with E-state index in [4.69, 9.17) is 0 Å². The van der Waals surface area contributed by atoms with Crippen LogP contribution < -0.4 is 21.3 Å². The SMILES string of the molecule is C=CCNC(=O)C1CCN(C(=O)Nc2ccc(NC(=O)NCC(C)C)cc2)CC1. The van der Waals surface area contributed by atoms with E-state index in [0.29, 0.717) is 56.3 Å². The minimum Gasteiger partial charge on any atom is -0.352 e. The highest BCUT2D eigenvalue weighted by molar-refractivity contribution is 5.91. The molecule has 5 amide bonds. The minimum absolute atomic E-state index is 0.0190. The molecule has 8 heteroatoms. The number of urea groups is 2. The summed E-state index contributed by atoms with van der Waals surface area (Å²) in [6.07, 6.45) is 2.94. The zero-order valence-electron chi connectivity index (χ0n) is 17.2. The molecule has 8 nitrogen and oxygen atoms in total. The average molecular weight is 402 g/mol. The molecule has 1 heterocycles. The third kappa shape index (κ3) is 7.48. The molecule has 1 aliphatic heterocycles. The van der Waals surface area contributed by atoms with Crippen LogP contribution >= 0.6 is 0 Å². The lowest BCUT2D eigenvalue weighted by Gasteiger charge is -2.31. The van der Waals surface area contributed by atoms with E-state index in [9.17, 15) is 14.4 Å². The summed E-state index contributed by atoms with van der Waals surface area (Å²) in [6.45, 7) is 9.78. The van der Waals surface area contributed by atoms with E-state index >= 15 is 0 Å². The van der Waals surface area contributed by atoms with Crippen molar-refractivity contribution in [3.05, 3.63) is 36.9 Å². The van der Waals surface area contributed by atoms with Crippen LogP contribution in [0.2, 0.25) is 0 Å². The van der Waals surface area contributed by atoms with Crippen molar-refractivity contribution in [3.63, 3.8) is 0 Å². The molecule has 0 aliphatic carbocycles. The topological polar surface area (TPSA) is 103 Å². The highest BCUT2D eigenvalue weighted by atomic mass is 16.2. The molecule has 0 saturated carbocycles. The van der Waals surface area contributed by atoms with E-state index in [1.807, 2.05) is 13.8 Å². The van der Waals surface area contributed by atoms with Crippen LogP contribution in [0.5, 0.6) is 0 Å². The van der Waals surface area contributed by atoms with E-state index in [-0.39, 0.29) is 23.9 Å². The number of nitrogens with zero attached hydrogens (tertiary/aromatic N) is 1. The number of likely N-dealkylation sites (tertiary alicyclic amines) is 1. The standard InChI is InChI=1S/C21H31N5O3/c1-4-11-22-19(27)16-9-12-26(13-10-16)21(29)25-18-7-5-17(6-8-18)24-20(28)23-14-15(2)3/h4-8,15-16H,1,9-14H2,2-3H3,(H,22,27)(H,25,29)(H2,23,24,28). The summed E-state index contributed by atoms with van der Waals surface area (Å²) < 4.78 is 0. The summed E-state index contributed by atoms with van der Waals surface area (Å²) in [5.74, 6) is 0.335. The van der Waals surface area contributed by atoms with Crippen molar-refractivity contribution in [3.8, 4) is 0 Å². The molecule has 1 saturated heterocycles. The largest absolute Gasteiger partial charge is 0.352 e. The fourth-order valence-corrected chi connectivity index (χ4v) is 2.97. The van der Waals surface area contributed by atoms with Crippen molar-refractivity contribution in [2.45, 2.75) is 26.7 Å². The summed E-state index contributed by atoms with van der Waals surface area (Å²) in [7, 11) is 0. The molecule has 0 aromatic heterocycles. The predicted molar refractivity (Wildman–Crippen MR) is 115 cm³/mol. The maximum Gasteiger partial charge on any atom is 0.321 e. The monoisotopic (exact) mass is 401 g/mol. The first-order valence-corrected chi connectivity index (χ1v) is 9.98. The zero-order chi connectivity index (χ0) is 21.2. The molecule has 158 valence electrons. The average Bonchev–Trinajstić information content (AvgIpc) is 2.72. The Balaban J connectivity index is 1.77. The number of carbonyl (C=O) groups excluding carboxylic acids is 3.